The Balaban J connectivity index is 2.12. The van der Waals surface area contributed by atoms with Crippen LogP contribution in [0.1, 0.15) is 28.8 Å². The Bertz CT molecular complexity index is 1360. The van der Waals surface area contributed by atoms with Crippen LogP contribution in [-0.2, 0) is 20.5 Å². The molecule has 0 aliphatic heterocycles. The minimum absolute atomic E-state index is 0.00797. The fraction of sp³-hybridized carbons (Fsp3) is 0.391. The summed E-state index contributed by atoms with van der Waals surface area (Å²) in [5.41, 5.74) is 0.905. The molecule has 1 unspecified atom stereocenters. The average Bonchev–Trinajstić information content (AvgIpc) is 3.10. The summed E-state index contributed by atoms with van der Waals surface area (Å²) in [7, 11) is 0.126. The van der Waals surface area contributed by atoms with E-state index in [2.05, 4.69) is 34.9 Å². The molecular weight excluding hydrogens is 549 g/mol. The Labute approximate surface area is 220 Å². The van der Waals surface area contributed by atoms with Gasteiger partial charge in [-0.15, -0.1) is 0 Å². The molecule has 0 spiro atoms. The lowest BCUT2D eigenvalue weighted by Crippen LogP contribution is -2.23. The topological polar surface area (TPSA) is 86.1 Å². The second-order valence-corrected chi connectivity index (χ2v) is 18.1. The SMILES string of the molecule is Cc1nc(NC(c2ccc(F)c(Cl)c2)c2nc(S(=O)(=O)Cl)c(C)n2COCC[Si](C)(C)C)ccc1F. The van der Waals surface area contributed by atoms with Gasteiger partial charge < -0.3 is 14.6 Å². The summed E-state index contributed by atoms with van der Waals surface area (Å²) in [6, 6.07) is 6.83. The summed E-state index contributed by atoms with van der Waals surface area (Å²) in [4.78, 5) is 8.56. The van der Waals surface area contributed by atoms with Crippen molar-refractivity contribution in [3.63, 3.8) is 0 Å². The molecule has 0 saturated carbocycles. The summed E-state index contributed by atoms with van der Waals surface area (Å²) in [5.74, 6) is -0.577. The summed E-state index contributed by atoms with van der Waals surface area (Å²) in [6.45, 7) is 10.2. The molecule has 13 heteroatoms. The maximum absolute atomic E-state index is 14.0. The van der Waals surface area contributed by atoms with Gasteiger partial charge in [0.25, 0.3) is 9.05 Å². The number of imidazole rings is 1. The lowest BCUT2D eigenvalue weighted by molar-refractivity contribution is 0.0834. The van der Waals surface area contributed by atoms with Crippen molar-refractivity contribution in [3.05, 3.63) is 69.8 Å². The Kier molecular flexibility index (Phi) is 8.82. The van der Waals surface area contributed by atoms with Gasteiger partial charge in [0, 0.05) is 25.4 Å². The van der Waals surface area contributed by atoms with Crippen molar-refractivity contribution in [2.24, 2.45) is 0 Å². The van der Waals surface area contributed by atoms with Crippen LogP contribution in [-0.4, -0.2) is 37.6 Å². The molecule has 0 bridgehead atoms. The van der Waals surface area contributed by atoms with Crippen LogP contribution in [0.15, 0.2) is 35.4 Å². The lowest BCUT2D eigenvalue weighted by atomic mass is 10.1. The Morgan fingerprint density at radius 2 is 1.78 bits per heavy atom. The average molecular weight is 578 g/mol. The molecule has 0 amide bonds. The van der Waals surface area contributed by atoms with Crippen LogP contribution in [0.4, 0.5) is 14.6 Å². The van der Waals surface area contributed by atoms with Crippen LogP contribution in [0.3, 0.4) is 0 Å². The molecule has 0 saturated heterocycles. The maximum atomic E-state index is 14.0. The highest BCUT2D eigenvalue weighted by Gasteiger charge is 2.29. The highest BCUT2D eigenvalue weighted by Crippen LogP contribution is 2.32. The maximum Gasteiger partial charge on any atom is 0.280 e. The number of rotatable bonds is 10. The van der Waals surface area contributed by atoms with E-state index < -0.39 is 34.8 Å². The summed E-state index contributed by atoms with van der Waals surface area (Å²) in [6.07, 6.45) is 0. The predicted octanol–water partition coefficient (Wildman–Crippen LogP) is 6.27. The van der Waals surface area contributed by atoms with Crippen molar-refractivity contribution in [3.8, 4) is 0 Å². The van der Waals surface area contributed by atoms with Crippen molar-refractivity contribution in [2.75, 3.05) is 11.9 Å². The number of benzene rings is 1. The number of nitrogens with one attached hydrogen (secondary N) is 1. The van der Waals surface area contributed by atoms with Gasteiger partial charge in [-0.25, -0.2) is 27.2 Å². The van der Waals surface area contributed by atoms with Gasteiger partial charge in [-0.2, -0.15) is 0 Å². The van der Waals surface area contributed by atoms with Gasteiger partial charge in [0.15, 0.2) is 5.03 Å². The fourth-order valence-electron chi connectivity index (χ4n) is 3.44. The first kappa shape index (κ1) is 28.5. The Hall–Kier alpha value is -2.05. The normalized spacial score (nSPS) is 13.1. The molecule has 196 valence electrons. The first-order valence-electron chi connectivity index (χ1n) is 11.1. The number of aromatic nitrogens is 3. The van der Waals surface area contributed by atoms with E-state index in [1.54, 1.807) is 11.5 Å². The van der Waals surface area contributed by atoms with Gasteiger partial charge in [-0.1, -0.05) is 37.3 Å². The molecule has 0 fully saturated rings. The standard InChI is InChI=1S/C23H28Cl2F2N4O3SSi/c1-14-18(26)8-9-20(28-14)29-21(16-6-7-19(27)17(24)12-16)22-30-23(35(25,32)33)15(2)31(22)13-34-10-11-36(3,4)5/h6-9,12,21H,10-11,13H2,1-5H3,(H,28,29). The summed E-state index contributed by atoms with van der Waals surface area (Å²) in [5, 5.41) is 2.69. The molecule has 3 rings (SSSR count). The van der Waals surface area contributed by atoms with Gasteiger partial charge in [-0.3, -0.25) is 0 Å². The molecule has 0 radical (unpaired) electrons. The molecule has 1 atom stereocenters. The van der Waals surface area contributed by atoms with Crippen molar-refractivity contribution in [1.82, 2.24) is 14.5 Å². The molecular formula is C23H28Cl2F2N4O3SSi. The first-order chi connectivity index (χ1) is 16.7. The molecule has 0 aliphatic carbocycles. The molecule has 1 N–H and O–H groups in total. The smallest absolute Gasteiger partial charge is 0.280 e. The van der Waals surface area contributed by atoms with Crippen LogP contribution in [0.5, 0.6) is 0 Å². The van der Waals surface area contributed by atoms with E-state index in [9.17, 15) is 17.2 Å². The molecule has 36 heavy (non-hydrogen) atoms. The number of halogens is 4. The van der Waals surface area contributed by atoms with Gasteiger partial charge >= 0.3 is 0 Å². The quantitative estimate of drug-likeness (QED) is 0.174. The third-order valence-electron chi connectivity index (χ3n) is 5.50. The van der Waals surface area contributed by atoms with Gasteiger partial charge in [0.2, 0.25) is 0 Å². The zero-order chi connectivity index (χ0) is 26.8. The number of anilines is 1. The number of hydrogen-bond acceptors (Lipinski definition) is 6. The molecule has 2 aromatic heterocycles. The van der Waals surface area contributed by atoms with E-state index in [0.717, 1.165) is 6.04 Å². The molecule has 2 heterocycles. The van der Waals surface area contributed by atoms with Crippen LogP contribution in [0, 0.1) is 25.5 Å². The van der Waals surface area contributed by atoms with E-state index in [0.29, 0.717) is 18.0 Å². The van der Waals surface area contributed by atoms with Gasteiger partial charge in [0.1, 0.15) is 36.0 Å². The van der Waals surface area contributed by atoms with E-state index >= 15 is 0 Å². The van der Waals surface area contributed by atoms with Gasteiger partial charge in [0.05, 0.1) is 16.4 Å². The second-order valence-electron chi connectivity index (χ2n) is 9.59. The minimum atomic E-state index is -4.19. The summed E-state index contributed by atoms with van der Waals surface area (Å²) >= 11 is 6.06. The monoisotopic (exact) mass is 576 g/mol. The van der Waals surface area contributed by atoms with Crippen LogP contribution in [0.25, 0.3) is 0 Å². The van der Waals surface area contributed by atoms with E-state index in [1.807, 2.05) is 0 Å². The number of aryl methyl sites for hydroxylation is 1. The zero-order valence-corrected chi connectivity index (χ0v) is 23.9. The van der Waals surface area contributed by atoms with Crippen molar-refractivity contribution in [2.45, 2.75) is 57.3 Å². The Morgan fingerprint density at radius 1 is 1.11 bits per heavy atom. The van der Waals surface area contributed by atoms with Gasteiger partial charge in [-0.05, 0) is 49.7 Å². The number of ether oxygens (including phenoxy) is 1. The van der Waals surface area contributed by atoms with Crippen molar-refractivity contribution >= 4 is 45.2 Å². The third kappa shape index (κ3) is 7.04. The zero-order valence-electron chi connectivity index (χ0n) is 20.6. The third-order valence-corrected chi connectivity index (χ3v) is 8.78. The van der Waals surface area contributed by atoms with Crippen molar-refractivity contribution < 1.29 is 21.9 Å². The second kappa shape index (κ2) is 11.1. The number of pyridine rings is 1. The first-order valence-corrected chi connectivity index (χ1v) is 17.5. The Morgan fingerprint density at radius 3 is 2.36 bits per heavy atom. The molecule has 1 aromatic carbocycles. The lowest BCUT2D eigenvalue weighted by Gasteiger charge is -2.22. The number of hydrogen-bond donors (Lipinski definition) is 1. The van der Waals surface area contributed by atoms with E-state index in [1.165, 1.54) is 37.3 Å². The van der Waals surface area contributed by atoms with Crippen LogP contribution >= 0.6 is 22.3 Å². The predicted molar refractivity (Wildman–Crippen MR) is 140 cm³/mol. The molecule has 3 aromatic rings. The minimum Gasteiger partial charge on any atom is -0.361 e. The summed E-state index contributed by atoms with van der Waals surface area (Å²) < 4.78 is 59.8. The van der Waals surface area contributed by atoms with Crippen LogP contribution < -0.4 is 5.32 Å². The highest BCUT2D eigenvalue weighted by atomic mass is 35.7. The van der Waals surface area contributed by atoms with Crippen molar-refractivity contribution in [1.29, 1.82) is 0 Å². The molecule has 0 aliphatic rings. The highest BCUT2D eigenvalue weighted by molar-refractivity contribution is 8.13. The van der Waals surface area contributed by atoms with E-state index in [4.69, 9.17) is 27.0 Å². The number of nitrogens with zero attached hydrogens (tertiary/aromatic N) is 3. The van der Waals surface area contributed by atoms with E-state index in [-0.39, 0.29) is 34.0 Å². The van der Waals surface area contributed by atoms with Crippen LogP contribution in [0.2, 0.25) is 30.7 Å². The molecule has 7 nitrogen and oxygen atoms in total. The fourth-order valence-corrected chi connectivity index (χ4v) is 5.49. The largest absolute Gasteiger partial charge is 0.361 e.